The molecule has 142 valence electrons. The molecule has 0 spiro atoms. The number of benzene rings is 2. The number of primary sulfonamides is 1. The lowest BCUT2D eigenvalue weighted by Gasteiger charge is -2.11. The van der Waals surface area contributed by atoms with Gasteiger partial charge in [-0.2, -0.15) is 13.2 Å². The minimum Gasteiger partial charge on any atom is -0.299 e. The van der Waals surface area contributed by atoms with E-state index in [0.29, 0.717) is 17.7 Å². The van der Waals surface area contributed by atoms with E-state index in [2.05, 4.69) is 4.98 Å². The fraction of sp³-hybridized carbons (Fsp3) is 0.167. The molecule has 0 atom stereocenters. The van der Waals surface area contributed by atoms with Crippen LogP contribution in [0, 0.1) is 0 Å². The Hall–Kier alpha value is -2.65. The molecule has 0 aliphatic rings. The Kier molecular flexibility index (Phi) is 4.83. The molecule has 3 rings (SSSR count). The topological polar surface area (TPSA) is 78.0 Å². The van der Waals surface area contributed by atoms with Gasteiger partial charge in [0.25, 0.3) is 0 Å². The van der Waals surface area contributed by atoms with E-state index in [-0.39, 0.29) is 10.7 Å². The van der Waals surface area contributed by atoms with Gasteiger partial charge < -0.3 is 0 Å². The van der Waals surface area contributed by atoms with E-state index >= 15 is 0 Å². The summed E-state index contributed by atoms with van der Waals surface area (Å²) >= 11 is 0. The molecule has 5 nitrogen and oxygen atoms in total. The van der Waals surface area contributed by atoms with Crippen molar-refractivity contribution >= 4 is 10.0 Å². The van der Waals surface area contributed by atoms with Gasteiger partial charge in [0.05, 0.1) is 4.90 Å². The monoisotopic (exact) mass is 395 g/mol. The number of sulfonamides is 1. The van der Waals surface area contributed by atoms with E-state index in [1.165, 1.54) is 28.8 Å². The first kappa shape index (κ1) is 19.1. The van der Waals surface area contributed by atoms with Crippen LogP contribution in [0.2, 0.25) is 0 Å². The maximum atomic E-state index is 13.2. The molecule has 0 saturated carbocycles. The number of rotatable bonds is 4. The van der Waals surface area contributed by atoms with E-state index in [1.807, 2.05) is 13.0 Å². The molecular weight excluding hydrogens is 379 g/mol. The number of hydrogen-bond acceptors (Lipinski definition) is 3. The van der Waals surface area contributed by atoms with Gasteiger partial charge in [-0.1, -0.05) is 31.2 Å². The summed E-state index contributed by atoms with van der Waals surface area (Å²) in [6.07, 6.45) is -3.09. The molecular formula is C18H16F3N3O2S. The Balaban J connectivity index is 2.21. The molecule has 1 heterocycles. The van der Waals surface area contributed by atoms with Crippen molar-refractivity contribution in [2.75, 3.05) is 0 Å². The lowest BCUT2D eigenvalue weighted by Crippen LogP contribution is -2.12. The number of nitrogens with two attached hydrogens (primary N) is 1. The van der Waals surface area contributed by atoms with Gasteiger partial charge in [0, 0.05) is 17.4 Å². The summed E-state index contributed by atoms with van der Waals surface area (Å²) in [6.45, 7) is 1.90. The second-order valence-corrected chi connectivity index (χ2v) is 7.43. The first-order chi connectivity index (χ1) is 12.6. The lowest BCUT2D eigenvalue weighted by molar-refractivity contribution is -0.140. The number of aromatic nitrogens is 2. The largest absolute Gasteiger partial charge is 0.434 e. The van der Waals surface area contributed by atoms with Crippen molar-refractivity contribution in [3.8, 4) is 17.1 Å². The number of hydrogen-bond donors (Lipinski definition) is 1. The molecule has 0 amide bonds. The Morgan fingerprint density at radius 2 is 1.70 bits per heavy atom. The highest BCUT2D eigenvalue weighted by molar-refractivity contribution is 7.89. The third kappa shape index (κ3) is 3.88. The standard InChI is InChI=1S/C18H16F3N3O2S/c1-2-12-5-3-4-6-15(12)17-23-16(18(19,20)21)11-24(17)13-7-9-14(10-8-13)27(22,25)26/h3-11H,2H2,1H3,(H2,22,25,26). The molecule has 0 aliphatic carbocycles. The zero-order valence-corrected chi connectivity index (χ0v) is 15.1. The van der Waals surface area contributed by atoms with E-state index in [1.54, 1.807) is 18.2 Å². The average molecular weight is 395 g/mol. The zero-order chi connectivity index (χ0) is 19.8. The Bertz CT molecular complexity index is 1070. The van der Waals surface area contributed by atoms with Crippen molar-refractivity contribution in [3.63, 3.8) is 0 Å². The Morgan fingerprint density at radius 1 is 1.07 bits per heavy atom. The van der Waals surface area contributed by atoms with Crippen molar-refractivity contribution in [3.05, 3.63) is 66.0 Å². The quantitative estimate of drug-likeness (QED) is 0.731. The van der Waals surface area contributed by atoms with Crippen molar-refractivity contribution in [2.45, 2.75) is 24.4 Å². The second-order valence-electron chi connectivity index (χ2n) is 5.87. The number of alkyl halides is 3. The number of aryl methyl sites for hydroxylation is 1. The molecule has 0 radical (unpaired) electrons. The summed E-state index contributed by atoms with van der Waals surface area (Å²) < 4.78 is 63.8. The van der Waals surface area contributed by atoms with Crippen LogP contribution in [0.25, 0.3) is 17.1 Å². The highest BCUT2D eigenvalue weighted by Crippen LogP contribution is 2.33. The van der Waals surface area contributed by atoms with Crippen LogP contribution >= 0.6 is 0 Å². The van der Waals surface area contributed by atoms with Crippen LogP contribution in [-0.2, 0) is 22.6 Å². The molecule has 27 heavy (non-hydrogen) atoms. The van der Waals surface area contributed by atoms with Gasteiger partial charge in [-0.3, -0.25) is 4.57 Å². The summed E-state index contributed by atoms with van der Waals surface area (Å²) in [6, 6.07) is 12.3. The molecule has 2 aromatic carbocycles. The van der Waals surface area contributed by atoms with E-state index in [9.17, 15) is 21.6 Å². The molecule has 3 aromatic rings. The third-order valence-electron chi connectivity index (χ3n) is 4.08. The maximum absolute atomic E-state index is 13.2. The molecule has 0 fully saturated rings. The minimum absolute atomic E-state index is 0.127. The van der Waals surface area contributed by atoms with Crippen LogP contribution in [0.1, 0.15) is 18.2 Å². The average Bonchev–Trinajstić information content (AvgIpc) is 3.06. The van der Waals surface area contributed by atoms with Gasteiger partial charge in [-0.05, 0) is 36.2 Å². The Morgan fingerprint density at radius 3 is 2.26 bits per heavy atom. The summed E-state index contributed by atoms with van der Waals surface area (Å²) in [5.41, 5.74) is 0.732. The predicted molar refractivity (Wildman–Crippen MR) is 94.8 cm³/mol. The van der Waals surface area contributed by atoms with Gasteiger partial charge >= 0.3 is 6.18 Å². The van der Waals surface area contributed by atoms with Gasteiger partial charge in [-0.15, -0.1) is 0 Å². The van der Waals surface area contributed by atoms with Gasteiger partial charge in [-0.25, -0.2) is 18.5 Å². The van der Waals surface area contributed by atoms with Crippen LogP contribution < -0.4 is 5.14 Å². The molecule has 0 aliphatic heterocycles. The van der Waals surface area contributed by atoms with E-state index in [4.69, 9.17) is 5.14 Å². The number of imidazole rings is 1. The third-order valence-corrected chi connectivity index (χ3v) is 5.01. The van der Waals surface area contributed by atoms with Gasteiger partial charge in [0.15, 0.2) is 5.69 Å². The van der Waals surface area contributed by atoms with Crippen LogP contribution in [0.15, 0.2) is 59.6 Å². The molecule has 0 unspecified atom stereocenters. The summed E-state index contributed by atoms with van der Waals surface area (Å²) in [5, 5.41) is 5.07. The molecule has 0 bridgehead atoms. The SMILES string of the molecule is CCc1ccccc1-c1nc(C(F)(F)F)cn1-c1ccc(S(N)(=O)=O)cc1. The molecule has 1 aromatic heterocycles. The van der Waals surface area contributed by atoms with Crippen LogP contribution in [0.5, 0.6) is 0 Å². The first-order valence-corrected chi connectivity index (χ1v) is 9.54. The maximum Gasteiger partial charge on any atom is 0.434 e. The summed E-state index contributed by atoms with van der Waals surface area (Å²) in [5.74, 6) is 0.128. The lowest BCUT2D eigenvalue weighted by atomic mass is 10.0. The summed E-state index contributed by atoms with van der Waals surface area (Å²) in [4.78, 5) is 3.68. The molecule has 9 heteroatoms. The normalized spacial score (nSPS) is 12.3. The summed E-state index contributed by atoms with van der Waals surface area (Å²) in [7, 11) is -3.90. The fourth-order valence-electron chi connectivity index (χ4n) is 2.75. The second kappa shape index (κ2) is 6.82. The van der Waals surface area contributed by atoms with Gasteiger partial charge in [0.2, 0.25) is 10.0 Å². The highest BCUT2D eigenvalue weighted by atomic mass is 32.2. The highest BCUT2D eigenvalue weighted by Gasteiger charge is 2.35. The number of nitrogens with zero attached hydrogens (tertiary/aromatic N) is 2. The first-order valence-electron chi connectivity index (χ1n) is 7.99. The van der Waals surface area contributed by atoms with E-state index < -0.39 is 21.9 Å². The van der Waals surface area contributed by atoms with Crippen LogP contribution in [0.4, 0.5) is 13.2 Å². The van der Waals surface area contributed by atoms with Crippen molar-refractivity contribution in [2.24, 2.45) is 5.14 Å². The molecule has 2 N–H and O–H groups in total. The minimum atomic E-state index is -4.61. The zero-order valence-electron chi connectivity index (χ0n) is 14.2. The van der Waals surface area contributed by atoms with E-state index in [0.717, 1.165) is 11.8 Å². The van der Waals surface area contributed by atoms with Gasteiger partial charge in [0.1, 0.15) is 5.82 Å². The van der Waals surface area contributed by atoms with Crippen molar-refractivity contribution < 1.29 is 21.6 Å². The van der Waals surface area contributed by atoms with Crippen molar-refractivity contribution in [1.82, 2.24) is 9.55 Å². The molecule has 0 saturated heterocycles. The Labute approximate surface area is 154 Å². The fourth-order valence-corrected chi connectivity index (χ4v) is 3.26. The predicted octanol–water partition coefficient (Wildman–Crippen LogP) is 3.77. The van der Waals surface area contributed by atoms with Crippen molar-refractivity contribution in [1.29, 1.82) is 0 Å². The van der Waals surface area contributed by atoms with Crippen LogP contribution in [0.3, 0.4) is 0 Å². The van der Waals surface area contributed by atoms with Crippen LogP contribution in [-0.4, -0.2) is 18.0 Å². The smallest absolute Gasteiger partial charge is 0.299 e. The number of halogens is 3.